The van der Waals surface area contributed by atoms with Crippen LogP contribution in [0.5, 0.6) is 0 Å². The van der Waals surface area contributed by atoms with Gasteiger partial charge in [0.25, 0.3) is 5.55 Å². The molecule has 0 saturated carbocycles. The number of hydrogen-bond donors (Lipinski definition) is 0. The molecule has 0 saturated heterocycles. The lowest BCUT2D eigenvalue weighted by Crippen LogP contribution is -2.43. The van der Waals surface area contributed by atoms with Gasteiger partial charge in [0.15, 0.2) is 0 Å². The van der Waals surface area contributed by atoms with Crippen molar-refractivity contribution in [3.05, 3.63) is 29.8 Å². The van der Waals surface area contributed by atoms with Gasteiger partial charge in [-0.25, -0.2) is 8.78 Å². The molecule has 0 nitrogen and oxygen atoms in total. The summed E-state index contributed by atoms with van der Waals surface area (Å²) in [6, 6.07) is 7.00. The van der Waals surface area contributed by atoms with Gasteiger partial charge in [-0.15, -0.1) is 0 Å². The average molecular weight is 272 g/mol. The molecular formula is C13H22F2Si2. The Morgan fingerprint density at radius 2 is 1.24 bits per heavy atom. The number of hydrogen-bond acceptors (Lipinski definition) is 0. The number of halogens is 2. The van der Waals surface area contributed by atoms with Crippen molar-refractivity contribution in [1.82, 2.24) is 0 Å². The average Bonchev–Trinajstić information content (AvgIpc) is 2.15. The summed E-state index contributed by atoms with van der Waals surface area (Å²) in [7, 11) is -3.91. The van der Waals surface area contributed by atoms with Gasteiger partial charge in [-0.1, -0.05) is 68.7 Å². The summed E-state index contributed by atoms with van der Waals surface area (Å²) in [5.41, 5.74) is -2.47. The first-order valence-corrected chi connectivity index (χ1v) is 12.9. The lowest BCUT2D eigenvalue weighted by molar-refractivity contribution is 0.0795. The Bertz CT molecular complexity index is 383. The smallest absolute Gasteiger partial charge is 0.207 e. The molecule has 0 radical (unpaired) electrons. The molecule has 17 heavy (non-hydrogen) atoms. The van der Waals surface area contributed by atoms with Crippen molar-refractivity contribution >= 4 is 21.3 Å². The summed E-state index contributed by atoms with van der Waals surface area (Å²) in [5, 5.41) is 1.23. The fourth-order valence-corrected chi connectivity index (χ4v) is 3.81. The molecule has 0 aliphatic heterocycles. The first kappa shape index (κ1) is 14.6. The summed E-state index contributed by atoms with van der Waals surface area (Å²) >= 11 is 0. The third-order valence-electron chi connectivity index (χ3n) is 3.06. The molecule has 1 aromatic rings. The Morgan fingerprint density at radius 3 is 1.53 bits per heavy atom. The van der Waals surface area contributed by atoms with Crippen LogP contribution in [0.1, 0.15) is 5.56 Å². The summed E-state index contributed by atoms with van der Waals surface area (Å²) in [6.45, 7) is 11.8. The van der Waals surface area contributed by atoms with Crippen molar-refractivity contribution in [2.24, 2.45) is 0 Å². The molecule has 4 heteroatoms. The standard InChI is InChI=1S/C13H22F2Si2/c1-16(2,3)12-9-7-11(8-10-12)13(14,15)17(4,5)6/h7-10H,1-6H3. The maximum Gasteiger partial charge on any atom is 0.253 e. The molecule has 0 heterocycles. The van der Waals surface area contributed by atoms with Crippen LogP contribution in [0.2, 0.25) is 39.3 Å². The Morgan fingerprint density at radius 1 is 0.824 bits per heavy atom. The Hall–Kier alpha value is -0.486. The summed E-state index contributed by atoms with van der Waals surface area (Å²) in [6.07, 6.45) is 0. The highest BCUT2D eigenvalue weighted by Gasteiger charge is 2.46. The molecule has 0 aromatic heterocycles. The second-order valence-electron chi connectivity index (χ2n) is 6.65. The molecule has 0 unspecified atom stereocenters. The minimum atomic E-state index is -2.65. The molecular weight excluding hydrogens is 250 g/mol. The van der Waals surface area contributed by atoms with E-state index in [1.54, 1.807) is 31.8 Å². The molecule has 1 rings (SSSR count). The molecule has 0 fully saturated rings. The van der Waals surface area contributed by atoms with Crippen LogP contribution in [0.25, 0.3) is 0 Å². The molecule has 0 amide bonds. The van der Waals surface area contributed by atoms with E-state index in [1.807, 2.05) is 12.1 Å². The molecule has 0 aliphatic rings. The highest BCUT2D eigenvalue weighted by Crippen LogP contribution is 2.37. The number of rotatable bonds is 3. The van der Waals surface area contributed by atoms with Gasteiger partial charge in [-0.3, -0.25) is 0 Å². The lowest BCUT2D eigenvalue weighted by atomic mass is 10.2. The van der Waals surface area contributed by atoms with E-state index in [0.717, 1.165) is 0 Å². The van der Waals surface area contributed by atoms with Crippen molar-refractivity contribution in [2.45, 2.75) is 44.8 Å². The zero-order valence-electron chi connectivity index (χ0n) is 11.6. The van der Waals surface area contributed by atoms with E-state index in [0.29, 0.717) is 0 Å². The fourth-order valence-electron chi connectivity index (χ4n) is 1.61. The van der Waals surface area contributed by atoms with Crippen molar-refractivity contribution in [2.75, 3.05) is 0 Å². The van der Waals surface area contributed by atoms with Gasteiger partial charge in [0.05, 0.1) is 8.07 Å². The van der Waals surface area contributed by atoms with Crippen LogP contribution in [-0.2, 0) is 5.55 Å². The molecule has 0 aliphatic carbocycles. The minimum absolute atomic E-state index is 0.179. The summed E-state index contributed by atoms with van der Waals surface area (Å²) in [5.74, 6) is 0. The minimum Gasteiger partial charge on any atom is -0.207 e. The van der Waals surface area contributed by atoms with Crippen molar-refractivity contribution in [3.8, 4) is 0 Å². The van der Waals surface area contributed by atoms with E-state index in [9.17, 15) is 8.78 Å². The van der Waals surface area contributed by atoms with Gasteiger partial charge in [-0.05, 0) is 0 Å². The van der Waals surface area contributed by atoms with Crippen LogP contribution in [0, 0.1) is 0 Å². The van der Waals surface area contributed by atoms with Crippen LogP contribution in [-0.4, -0.2) is 16.1 Å². The molecule has 96 valence electrons. The van der Waals surface area contributed by atoms with Crippen LogP contribution in [0.15, 0.2) is 24.3 Å². The van der Waals surface area contributed by atoms with Crippen LogP contribution >= 0.6 is 0 Å². The van der Waals surface area contributed by atoms with Crippen molar-refractivity contribution < 1.29 is 8.78 Å². The largest absolute Gasteiger partial charge is 0.253 e. The van der Waals surface area contributed by atoms with E-state index >= 15 is 0 Å². The zero-order chi connectivity index (χ0) is 13.5. The van der Waals surface area contributed by atoms with Crippen LogP contribution < -0.4 is 5.19 Å². The SMILES string of the molecule is C[Si](C)(C)c1ccc(C(F)(F)[Si](C)(C)C)cc1. The molecule has 0 atom stereocenters. The van der Waals surface area contributed by atoms with E-state index in [2.05, 4.69) is 19.6 Å². The lowest BCUT2D eigenvalue weighted by Gasteiger charge is -2.29. The van der Waals surface area contributed by atoms with Crippen LogP contribution in [0.4, 0.5) is 8.78 Å². The normalized spacial score (nSPS) is 13.9. The highest BCUT2D eigenvalue weighted by molar-refractivity contribution is 6.88. The van der Waals surface area contributed by atoms with Gasteiger partial charge in [-0.2, -0.15) is 0 Å². The third-order valence-corrected chi connectivity index (χ3v) is 7.29. The zero-order valence-corrected chi connectivity index (χ0v) is 13.6. The van der Waals surface area contributed by atoms with Crippen LogP contribution in [0.3, 0.4) is 0 Å². The predicted octanol–water partition coefficient (Wildman–Crippen LogP) is 4.20. The maximum absolute atomic E-state index is 14.2. The number of benzene rings is 1. The Kier molecular flexibility index (Phi) is 3.70. The first-order valence-electron chi connectivity index (χ1n) is 5.95. The predicted molar refractivity (Wildman–Crippen MR) is 76.7 cm³/mol. The van der Waals surface area contributed by atoms with Gasteiger partial charge >= 0.3 is 0 Å². The quantitative estimate of drug-likeness (QED) is 0.723. The summed E-state index contributed by atoms with van der Waals surface area (Å²) in [4.78, 5) is 0. The second-order valence-corrected chi connectivity index (χ2v) is 16.9. The van der Waals surface area contributed by atoms with Gasteiger partial charge < -0.3 is 0 Å². The number of alkyl halides is 2. The molecule has 0 bridgehead atoms. The molecule has 0 N–H and O–H groups in total. The maximum atomic E-state index is 14.2. The van der Waals surface area contributed by atoms with E-state index in [1.165, 1.54) is 5.19 Å². The highest BCUT2D eigenvalue weighted by atomic mass is 28.3. The Balaban J connectivity index is 3.12. The van der Waals surface area contributed by atoms with Crippen molar-refractivity contribution in [1.29, 1.82) is 0 Å². The van der Waals surface area contributed by atoms with E-state index < -0.39 is 21.7 Å². The summed E-state index contributed by atoms with van der Waals surface area (Å²) < 4.78 is 28.3. The van der Waals surface area contributed by atoms with Gasteiger partial charge in [0.1, 0.15) is 8.07 Å². The second kappa shape index (κ2) is 4.32. The third kappa shape index (κ3) is 3.04. The van der Waals surface area contributed by atoms with Crippen molar-refractivity contribution in [3.63, 3.8) is 0 Å². The van der Waals surface area contributed by atoms with Gasteiger partial charge in [0.2, 0.25) is 0 Å². The Labute approximate surface area is 105 Å². The topological polar surface area (TPSA) is 0 Å². The molecule has 1 aromatic carbocycles. The monoisotopic (exact) mass is 272 g/mol. The van der Waals surface area contributed by atoms with Gasteiger partial charge in [0, 0.05) is 5.56 Å². The fraction of sp³-hybridized carbons (Fsp3) is 0.538. The first-order chi connectivity index (χ1) is 7.46. The molecule has 0 spiro atoms. The van der Waals surface area contributed by atoms with E-state index in [4.69, 9.17) is 0 Å². The van der Waals surface area contributed by atoms with E-state index in [-0.39, 0.29) is 5.56 Å².